The maximum absolute atomic E-state index is 11.7. The fourth-order valence-electron chi connectivity index (χ4n) is 1.55. The topological polar surface area (TPSA) is 121 Å². The Morgan fingerprint density at radius 2 is 2.47 bits per heavy atom. The first kappa shape index (κ1) is 13.2. The van der Waals surface area contributed by atoms with Crippen LogP contribution in [-0.2, 0) is 14.3 Å². The Morgan fingerprint density at radius 3 is 3.00 bits per heavy atom. The van der Waals surface area contributed by atoms with Crippen LogP contribution < -0.4 is 16.4 Å². The lowest BCUT2D eigenvalue weighted by molar-refractivity contribution is -0.151. The molecule has 1 heterocycles. The number of nitrogens with zero attached hydrogens (tertiary/aromatic N) is 1. The number of carbonyl (C=O) groups is 2. The van der Waals surface area contributed by atoms with Crippen molar-refractivity contribution in [2.45, 2.75) is 13.1 Å². The Balaban J connectivity index is 2.70. The van der Waals surface area contributed by atoms with Gasteiger partial charge in [-0.3, -0.25) is 15.1 Å². The Bertz CT molecular complexity index is 320. The zero-order chi connectivity index (χ0) is 12.8. The first-order chi connectivity index (χ1) is 8.04. The Morgan fingerprint density at radius 1 is 1.76 bits per heavy atom. The molecule has 1 amide bonds. The maximum Gasteiger partial charge on any atom is 0.344 e. The standard InChI is InChI=1S/C9H17N5O3/c1-2-17-8(16)7(13-9(10)11)14-4-3-12-6(15)5-14/h7H,2-5H2,1H3,(H,12,15)(H4,10,11,13). The Kier molecular flexibility index (Phi) is 4.70. The molecule has 0 radical (unpaired) electrons. The quantitative estimate of drug-likeness (QED) is 0.252. The molecule has 17 heavy (non-hydrogen) atoms. The maximum atomic E-state index is 11.7. The highest BCUT2D eigenvalue weighted by Crippen LogP contribution is 2.02. The first-order valence-electron chi connectivity index (χ1n) is 5.32. The van der Waals surface area contributed by atoms with Crippen molar-refractivity contribution in [2.24, 2.45) is 5.73 Å². The van der Waals surface area contributed by atoms with E-state index in [0.29, 0.717) is 13.1 Å². The van der Waals surface area contributed by atoms with Gasteiger partial charge >= 0.3 is 5.97 Å². The summed E-state index contributed by atoms with van der Waals surface area (Å²) in [5, 5.41) is 12.3. The van der Waals surface area contributed by atoms with E-state index in [4.69, 9.17) is 15.9 Å². The van der Waals surface area contributed by atoms with Gasteiger partial charge in [-0.15, -0.1) is 0 Å². The van der Waals surface area contributed by atoms with Gasteiger partial charge in [0.15, 0.2) is 12.1 Å². The minimum atomic E-state index is -0.890. The van der Waals surface area contributed by atoms with Crippen LogP contribution in [0.2, 0.25) is 0 Å². The lowest BCUT2D eigenvalue weighted by Gasteiger charge is -2.32. The molecule has 0 saturated carbocycles. The molecule has 8 nitrogen and oxygen atoms in total. The molecule has 1 rings (SSSR count). The van der Waals surface area contributed by atoms with Crippen molar-refractivity contribution in [3.05, 3.63) is 0 Å². The highest BCUT2D eigenvalue weighted by atomic mass is 16.5. The number of piperazine rings is 1. The van der Waals surface area contributed by atoms with Crippen molar-refractivity contribution in [1.29, 1.82) is 5.41 Å². The van der Waals surface area contributed by atoms with E-state index < -0.39 is 12.1 Å². The number of nitrogens with two attached hydrogens (primary N) is 1. The summed E-state index contributed by atoms with van der Waals surface area (Å²) < 4.78 is 4.87. The number of hydrogen-bond donors (Lipinski definition) is 4. The Hall–Kier alpha value is -1.83. The second-order valence-corrected chi connectivity index (χ2v) is 3.53. The van der Waals surface area contributed by atoms with Crippen LogP contribution in [0.4, 0.5) is 0 Å². The van der Waals surface area contributed by atoms with Crippen LogP contribution in [0.25, 0.3) is 0 Å². The highest BCUT2D eigenvalue weighted by molar-refractivity contribution is 5.85. The van der Waals surface area contributed by atoms with E-state index in [1.165, 1.54) is 0 Å². The number of esters is 1. The predicted molar refractivity (Wildman–Crippen MR) is 60.1 cm³/mol. The third-order valence-electron chi connectivity index (χ3n) is 2.24. The van der Waals surface area contributed by atoms with Crippen molar-refractivity contribution in [1.82, 2.24) is 15.5 Å². The number of carbonyl (C=O) groups excluding carboxylic acids is 2. The van der Waals surface area contributed by atoms with Gasteiger partial charge in [-0.1, -0.05) is 0 Å². The molecule has 0 aromatic rings. The van der Waals surface area contributed by atoms with Gasteiger partial charge in [0.25, 0.3) is 0 Å². The van der Waals surface area contributed by atoms with Gasteiger partial charge in [0.2, 0.25) is 5.91 Å². The summed E-state index contributed by atoms with van der Waals surface area (Å²) in [5.74, 6) is -1.05. The van der Waals surface area contributed by atoms with E-state index in [2.05, 4.69) is 10.6 Å². The fraction of sp³-hybridized carbons (Fsp3) is 0.667. The SMILES string of the molecule is CCOC(=O)C(NC(=N)N)N1CCNC(=O)C1. The largest absolute Gasteiger partial charge is 0.463 e. The van der Waals surface area contributed by atoms with Gasteiger partial charge in [-0.25, -0.2) is 4.79 Å². The molecule has 0 aliphatic carbocycles. The van der Waals surface area contributed by atoms with Gasteiger partial charge in [-0.05, 0) is 6.92 Å². The van der Waals surface area contributed by atoms with Crippen molar-refractivity contribution in [2.75, 3.05) is 26.2 Å². The number of ether oxygens (including phenoxy) is 1. The third kappa shape index (κ3) is 3.91. The molecule has 1 unspecified atom stereocenters. The monoisotopic (exact) mass is 243 g/mol. The van der Waals surface area contributed by atoms with Crippen LogP contribution in [0, 0.1) is 5.41 Å². The van der Waals surface area contributed by atoms with Gasteiger partial charge in [-0.2, -0.15) is 0 Å². The summed E-state index contributed by atoms with van der Waals surface area (Å²) in [6.45, 7) is 2.94. The summed E-state index contributed by atoms with van der Waals surface area (Å²) in [5.41, 5.74) is 5.21. The van der Waals surface area contributed by atoms with Crippen molar-refractivity contribution >= 4 is 17.8 Å². The molecule has 1 saturated heterocycles. The van der Waals surface area contributed by atoms with E-state index in [1.807, 2.05) is 0 Å². The van der Waals surface area contributed by atoms with Crippen LogP contribution in [-0.4, -0.2) is 55.1 Å². The van der Waals surface area contributed by atoms with Crippen molar-refractivity contribution in [3.63, 3.8) is 0 Å². The number of nitrogens with one attached hydrogen (secondary N) is 3. The van der Waals surface area contributed by atoms with Crippen molar-refractivity contribution < 1.29 is 14.3 Å². The number of rotatable bonds is 4. The molecular weight excluding hydrogens is 226 g/mol. The van der Waals surface area contributed by atoms with Crippen LogP contribution >= 0.6 is 0 Å². The van der Waals surface area contributed by atoms with Gasteiger partial charge in [0, 0.05) is 13.1 Å². The second kappa shape index (κ2) is 6.04. The summed E-state index contributed by atoms with van der Waals surface area (Å²) in [6.07, 6.45) is -0.890. The lowest BCUT2D eigenvalue weighted by Crippen LogP contribution is -2.61. The number of guanidine groups is 1. The smallest absolute Gasteiger partial charge is 0.344 e. The molecule has 0 bridgehead atoms. The molecule has 1 atom stereocenters. The normalized spacial score (nSPS) is 18.1. The highest BCUT2D eigenvalue weighted by Gasteiger charge is 2.30. The molecule has 5 N–H and O–H groups in total. The lowest BCUT2D eigenvalue weighted by atomic mass is 10.3. The summed E-state index contributed by atoms with van der Waals surface area (Å²) >= 11 is 0. The summed E-state index contributed by atoms with van der Waals surface area (Å²) in [4.78, 5) is 24.5. The van der Waals surface area contributed by atoms with E-state index >= 15 is 0 Å². The first-order valence-corrected chi connectivity index (χ1v) is 5.32. The molecular formula is C9H17N5O3. The van der Waals surface area contributed by atoms with Crippen LogP contribution in [0.15, 0.2) is 0 Å². The van der Waals surface area contributed by atoms with E-state index in [-0.39, 0.29) is 25.0 Å². The predicted octanol–water partition coefficient (Wildman–Crippen LogP) is -2.21. The zero-order valence-electron chi connectivity index (χ0n) is 9.66. The van der Waals surface area contributed by atoms with Gasteiger partial charge < -0.3 is 21.1 Å². The second-order valence-electron chi connectivity index (χ2n) is 3.53. The molecule has 8 heteroatoms. The molecule has 0 aromatic heterocycles. The average Bonchev–Trinajstić information content (AvgIpc) is 2.26. The summed E-state index contributed by atoms with van der Waals surface area (Å²) in [7, 11) is 0. The van der Waals surface area contributed by atoms with Gasteiger partial charge in [0.1, 0.15) is 0 Å². The van der Waals surface area contributed by atoms with Crippen molar-refractivity contribution in [3.8, 4) is 0 Å². The molecule has 96 valence electrons. The Labute approximate surface area is 99.0 Å². The van der Waals surface area contributed by atoms with E-state index in [0.717, 1.165) is 0 Å². The molecule has 1 fully saturated rings. The minimum Gasteiger partial charge on any atom is -0.463 e. The van der Waals surface area contributed by atoms with Crippen LogP contribution in [0.1, 0.15) is 6.92 Å². The van der Waals surface area contributed by atoms with Crippen LogP contribution in [0.3, 0.4) is 0 Å². The molecule has 1 aliphatic rings. The number of hydrogen-bond acceptors (Lipinski definition) is 5. The minimum absolute atomic E-state index is 0.0732. The van der Waals surface area contributed by atoms with E-state index in [9.17, 15) is 9.59 Å². The van der Waals surface area contributed by atoms with Crippen LogP contribution in [0.5, 0.6) is 0 Å². The number of amides is 1. The third-order valence-corrected chi connectivity index (χ3v) is 2.24. The zero-order valence-corrected chi connectivity index (χ0v) is 9.66. The van der Waals surface area contributed by atoms with Gasteiger partial charge in [0.05, 0.1) is 13.2 Å². The molecule has 1 aliphatic heterocycles. The average molecular weight is 243 g/mol. The fourth-order valence-corrected chi connectivity index (χ4v) is 1.55. The van der Waals surface area contributed by atoms with E-state index in [1.54, 1.807) is 11.8 Å². The molecule has 0 spiro atoms. The summed E-state index contributed by atoms with van der Waals surface area (Å²) in [6, 6.07) is 0. The molecule has 0 aromatic carbocycles.